The van der Waals surface area contributed by atoms with E-state index in [1.807, 2.05) is 91.0 Å². The van der Waals surface area contributed by atoms with Crippen LogP contribution in [0.15, 0.2) is 116 Å². The molecule has 0 unspecified atom stereocenters. The van der Waals surface area contributed by atoms with Gasteiger partial charge in [0.1, 0.15) is 0 Å². The van der Waals surface area contributed by atoms with E-state index in [0.29, 0.717) is 0 Å². The fourth-order valence-electron chi connectivity index (χ4n) is 3.45. The quantitative estimate of drug-likeness (QED) is 0.141. The molecule has 0 aliphatic heterocycles. The fraction of sp³-hybridized carbons (Fsp3) is 0. The van der Waals surface area contributed by atoms with Gasteiger partial charge in [0, 0.05) is 79.8 Å². The van der Waals surface area contributed by atoms with Gasteiger partial charge in [0.05, 0.1) is 5.82 Å². The number of nitrogens with zero attached hydrogens (tertiary/aromatic N) is 3. The summed E-state index contributed by atoms with van der Waals surface area (Å²) < 4.78 is 0. The van der Waals surface area contributed by atoms with Gasteiger partial charge in [-0.05, 0) is 12.1 Å². The molecular weight excluding hydrogens is 831 g/mol. The average Bonchev–Trinajstić information content (AvgIpc) is 2.99. The summed E-state index contributed by atoms with van der Waals surface area (Å²) in [5.41, 5.74) is 6.53. The first-order valence-electron chi connectivity index (χ1n) is 11.4. The van der Waals surface area contributed by atoms with E-state index in [4.69, 9.17) is 0 Å². The third-order valence-electron chi connectivity index (χ3n) is 5.21. The third kappa shape index (κ3) is 11.3. The van der Waals surface area contributed by atoms with Crippen LogP contribution in [-0.2, 0) is 85.5 Å². The molecule has 0 saturated heterocycles. The first-order valence-corrected chi connectivity index (χ1v) is 11.4. The molecule has 195 valence electrons. The van der Waals surface area contributed by atoms with Crippen LogP contribution in [0.5, 0.6) is 0 Å². The zero-order valence-electron chi connectivity index (χ0n) is 22.4. The minimum Gasteiger partial charge on any atom is -0.358 e. The molecule has 0 saturated carbocycles. The topological polar surface area (TPSA) is 38.7 Å². The molecule has 0 bridgehead atoms. The van der Waals surface area contributed by atoms with E-state index in [1.54, 1.807) is 24.7 Å². The molecule has 0 aliphatic rings. The Morgan fingerprint density at radius 2 is 1.10 bits per heavy atom. The maximum atomic E-state index is 4.35. The van der Waals surface area contributed by atoms with E-state index in [-0.39, 0.29) is 101 Å². The zero-order valence-corrected chi connectivity index (χ0v) is 30.4. The molecular formula is C34H22BIrN3Y2-4. The molecule has 6 rings (SSSR count). The van der Waals surface area contributed by atoms with E-state index in [9.17, 15) is 0 Å². The molecule has 0 amide bonds. The number of rotatable bonds is 4. The van der Waals surface area contributed by atoms with Gasteiger partial charge in [-0.25, -0.2) is 41.5 Å². The van der Waals surface area contributed by atoms with Crippen molar-refractivity contribution in [3.8, 4) is 44.9 Å². The normalized spacial score (nSPS) is 8.98. The summed E-state index contributed by atoms with van der Waals surface area (Å²) >= 11 is 0. The summed E-state index contributed by atoms with van der Waals surface area (Å²) in [7, 11) is 0. The maximum Gasteiger partial charge on any atom is 3.00 e. The van der Waals surface area contributed by atoms with Crippen molar-refractivity contribution < 1.29 is 85.5 Å². The number of pyridine rings is 1. The van der Waals surface area contributed by atoms with E-state index in [0.717, 1.165) is 44.9 Å². The van der Waals surface area contributed by atoms with Gasteiger partial charge in [-0.3, -0.25) is 33.2 Å². The first-order chi connectivity index (χ1) is 17.9. The van der Waals surface area contributed by atoms with Gasteiger partial charge >= 0.3 is 32.7 Å². The van der Waals surface area contributed by atoms with Crippen molar-refractivity contribution in [2.24, 2.45) is 0 Å². The Kier molecular flexibility index (Phi) is 19.8. The largest absolute Gasteiger partial charge is 3.00 e. The minimum absolute atomic E-state index is 0. The fourth-order valence-corrected chi connectivity index (χ4v) is 3.45. The molecule has 0 N–H and O–H groups in total. The average molecular weight is 853 g/mol. The number of hydrogen-bond donors (Lipinski definition) is 0. The van der Waals surface area contributed by atoms with Gasteiger partial charge in [-0.15, -0.1) is 48.0 Å². The molecule has 3 nitrogen and oxygen atoms in total. The van der Waals surface area contributed by atoms with Crippen LogP contribution >= 0.6 is 0 Å². The molecule has 4 aromatic carbocycles. The molecule has 2 heterocycles. The van der Waals surface area contributed by atoms with E-state index >= 15 is 0 Å². The van der Waals surface area contributed by atoms with E-state index < -0.39 is 0 Å². The maximum absolute atomic E-state index is 4.35. The van der Waals surface area contributed by atoms with Crippen LogP contribution in [0.4, 0.5) is 0 Å². The Morgan fingerprint density at radius 1 is 0.512 bits per heavy atom. The Bertz CT molecular complexity index is 1470. The summed E-state index contributed by atoms with van der Waals surface area (Å²) in [6.45, 7) is 0. The molecule has 0 spiro atoms. The minimum atomic E-state index is 0. The molecule has 0 atom stereocenters. The van der Waals surface area contributed by atoms with Crippen molar-refractivity contribution in [2.45, 2.75) is 0 Å². The van der Waals surface area contributed by atoms with Crippen molar-refractivity contribution in [2.75, 3.05) is 0 Å². The predicted octanol–water partition coefficient (Wildman–Crippen LogP) is 7.09. The Hall–Kier alpha value is -1.97. The van der Waals surface area contributed by atoms with Crippen molar-refractivity contribution >= 4 is 8.41 Å². The van der Waals surface area contributed by atoms with Crippen LogP contribution in [0.2, 0.25) is 0 Å². The molecule has 5 radical (unpaired) electrons. The van der Waals surface area contributed by atoms with Crippen molar-refractivity contribution in [3.63, 3.8) is 0 Å². The van der Waals surface area contributed by atoms with Gasteiger partial charge in [0.25, 0.3) is 0 Å². The molecule has 0 aliphatic carbocycles. The summed E-state index contributed by atoms with van der Waals surface area (Å²) in [6, 6.07) is 50.3. The van der Waals surface area contributed by atoms with E-state index in [2.05, 4.69) is 51.4 Å². The Balaban J connectivity index is 0.000000815. The van der Waals surface area contributed by atoms with Gasteiger partial charge in [0.15, 0.2) is 0 Å². The second-order valence-electron chi connectivity index (χ2n) is 7.64. The van der Waals surface area contributed by atoms with Crippen LogP contribution < -0.4 is 0 Å². The Labute approximate surface area is 309 Å². The molecule has 0 fully saturated rings. The standard InChI is InChI=1S/C23H12N.C10H7N2.CH3.B.Ir.2Y/c1-2-7-18(8-3-1)19-12-14-20(15-13-19)21-9-6-10-22(17-21)23-11-4-5-16-24-23;1-2-5-9(6-3-1)10-11-7-4-8-12-10;;;;;/h1-7,9,11-12,15-16H;1-5,7-8H;1H3;;;;/q-5;2*-1;;;;+3. The van der Waals surface area contributed by atoms with Crippen LogP contribution in [-0.4, -0.2) is 23.4 Å². The molecule has 7 heteroatoms. The predicted molar refractivity (Wildman–Crippen MR) is 153 cm³/mol. The van der Waals surface area contributed by atoms with Gasteiger partial charge in [-0.1, -0.05) is 11.8 Å². The smallest absolute Gasteiger partial charge is 0.358 e. The summed E-state index contributed by atoms with van der Waals surface area (Å²) in [5, 5.41) is 0. The number of benzene rings is 4. The molecule has 41 heavy (non-hydrogen) atoms. The van der Waals surface area contributed by atoms with Crippen molar-refractivity contribution in [1.82, 2.24) is 15.0 Å². The second kappa shape index (κ2) is 20.8. The third-order valence-corrected chi connectivity index (χ3v) is 5.21. The molecule has 2 aromatic heterocycles. The van der Waals surface area contributed by atoms with Crippen LogP contribution in [0.3, 0.4) is 0 Å². The van der Waals surface area contributed by atoms with Gasteiger partial charge < -0.3 is 24.0 Å². The number of hydrogen-bond acceptors (Lipinski definition) is 3. The summed E-state index contributed by atoms with van der Waals surface area (Å²) in [4.78, 5) is 12.6. The second-order valence-corrected chi connectivity index (χ2v) is 7.64. The van der Waals surface area contributed by atoms with Gasteiger partial charge in [0.2, 0.25) is 0 Å². The monoisotopic (exact) mass is 854 g/mol. The van der Waals surface area contributed by atoms with Crippen LogP contribution in [0, 0.1) is 43.8 Å². The Morgan fingerprint density at radius 3 is 1.66 bits per heavy atom. The van der Waals surface area contributed by atoms with Crippen molar-refractivity contribution in [3.05, 3.63) is 159 Å². The first kappa shape index (κ1) is 39.0. The van der Waals surface area contributed by atoms with Crippen LogP contribution in [0.25, 0.3) is 44.9 Å². The number of aromatic nitrogens is 3. The SMILES string of the molecule is [B].[CH3-].[Ir].[Y+3].[Y].[c-]1ccc(-c2[c-]cc(-c3[c-]cccc3)[c-]c2)[c-]c1-c1ccccn1.[c-]1ccccc1-c1ncccn1. The van der Waals surface area contributed by atoms with Crippen LogP contribution in [0.1, 0.15) is 0 Å². The molecule has 6 aromatic rings. The van der Waals surface area contributed by atoms with E-state index in [1.165, 1.54) is 0 Å². The van der Waals surface area contributed by atoms with Gasteiger partial charge in [-0.2, -0.15) is 24.3 Å². The summed E-state index contributed by atoms with van der Waals surface area (Å²) in [5.74, 6) is 0.720. The zero-order chi connectivity index (χ0) is 24.4. The summed E-state index contributed by atoms with van der Waals surface area (Å²) in [6.07, 6.45) is 5.22. The van der Waals surface area contributed by atoms with Crippen molar-refractivity contribution in [1.29, 1.82) is 0 Å².